The summed E-state index contributed by atoms with van der Waals surface area (Å²) >= 11 is 0. The van der Waals surface area contributed by atoms with Crippen molar-refractivity contribution in [1.29, 1.82) is 0 Å². The lowest BCUT2D eigenvalue weighted by atomic mass is 9.99. The van der Waals surface area contributed by atoms with Gasteiger partial charge in [0.05, 0.1) is 18.4 Å². The van der Waals surface area contributed by atoms with Crippen LogP contribution in [0.5, 0.6) is 5.75 Å². The number of pyridine rings is 2. The molecule has 174 valence electrons. The van der Waals surface area contributed by atoms with Gasteiger partial charge in [-0.3, -0.25) is 9.78 Å². The second-order valence-corrected chi connectivity index (χ2v) is 8.34. The minimum absolute atomic E-state index is 0.0891. The zero-order valence-corrected chi connectivity index (χ0v) is 19.7. The van der Waals surface area contributed by atoms with Crippen LogP contribution >= 0.6 is 0 Å². The fraction of sp³-hybridized carbons (Fsp3) is 0.107. The number of ether oxygens (including phenoxy) is 1. The predicted octanol–water partition coefficient (Wildman–Crippen LogP) is 5.75. The van der Waals surface area contributed by atoms with Gasteiger partial charge in [0.1, 0.15) is 11.4 Å². The van der Waals surface area contributed by atoms with Crippen molar-refractivity contribution in [2.24, 2.45) is 0 Å². The number of nitrogens with zero attached hydrogens (tertiary/aromatic N) is 3. The van der Waals surface area contributed by atoms with Gasteiger partial charge >= 0.3 is 0 Å². The lowest BCUT2D eigenvalue weighted by Gasteiger charge is -2.17. The van der Waals surface area contributed by atoms with Crippen LogP contribution in [0.15, 0.2) is 85.5 Å². The van der Waals surface area contributed by atoms with Crippen LogP contribution in [0.2, 0.25) is 0 Å². The van der Waals surface area contributed by atoms with Crippen LogP contribution in [0.4, 0.5) is 11.4 Å². The zero-order chi connectivity index (χ0) is 24.4. The molecule has 3 aromatic heterocycles. The highest BCUT2D eigenvalue weighted by atomic mass is 16.5. The Kier molecular flexibility index (Phi) is 5.89. The largest absolute Gasteiger partial charge is 0.496 e. The minimum Gasteiger partial charge on any atom is -0.496 e. The van der Waals surface area contributed by atoms with E-state index in [0.717, 1.165) is 50.4 Å². The molecule has 0 saturated heterocycles. The molecule has 0 radical (unpaired) electrons. The van der Waals surface area contributed by atoms with E-state index < -0.39 is 0 Å². The summed E-state index contributed by atoms with van der Waals surface area (Å²) in [5, 5.41) is 4.31. The number of rotatable bonds is 6. The number of carbonyl (C=O) groups excluding carboxylic acids is 1. The number of para-hydroxylation sites is 1. The maximum Gasteiger partial charge on any atom is 0.255 e. The SMILES string of the molecule is COc1ccccc1-c1c[nH]c2ncc(-c3ccc(Nc4ccncc4)c(C(=O)N(C)C)c3)cc12. The zero-order valence-electron chi connectivity index (χ0n) is 19.7. The summed E-state index contributed by atoms with van der Waals surface area (Å²) in [6.07, 6.45) is 7.19. The van der Waals surface area contributed by atoms with E-state index in [1.54, 1.807) is 38.5 Å². The first-order valence-corrected chi connectivity index (χ1v) is 11.2. The molecular weight excluding hydrogens is 438 g/mol. The third-order valence-corrected chi connectivity index (χ3v) is 5.88. The summed E-state index contributed by atoms with van der Waals surface area (Å²) in [4.78, 5) is 26.6. The molecular formula is C28H25N5O2. The van der Waals surface area contributed by atoms with Gasteiger partial charge in [0.25, 0.3) is 5.91 Å². The molecule has 0 aliphatic rings. The van der Waals surface area contributed by atoms with Crippen LogP contribution in [0.3, 0.4) is 0 Å². The average Bonchev–Trinajstić information content (AvgIpc) is 3.32. The molecule has 0 fully saturated rings. The number of benzene rings is 2. The third-order valence-electron chi connectivity index (χ3n) is 5.88. The van der Waals surface area contributed by atoms with Crippen LogP contribution < -0.4 is 10.1 Å². The summed E-state index contributed by atoms with van der Waals surface area (Å²) in [6, 6.07) is 19.6. The molecule has 2 N–H and O–H groups in total. The van der Waals surface area contributed by atoms with Gasteiger partial charge in [0.2, 0.25) is 0 Å². The molecule has 1 amide bonds. The van der Waals surface area contributed by atoms with Gasteiger partial charge in [-0.15, -0.1) is 0 Å². The summed E-state index contributed by atoms with van der Waals surface area (Å²) in [7, 11) is 5.17. The van der Waals surface area contributed by atoms with Crippen molar-refractivity contribution < 1.29 is 9.53 Å². The number of anilines is 2. The maximum absolute atomic E-state index is 13.1. The van der Waals surface area contributed by atoms with E-state index in [1.165, 1.54) is 0 Å². The van der Waals surface area contributed by atoms with E-state index >= 15 is 0 Å². The highest BCUT2D eigenvalue weighted by Crippen LogP contribution is 2.36. The Morgan fingerprint density at radius 2 is 1.77 bits per heavy atom. The monoisotopic (exact) mass is 463 g/mol. The first-order chi connectivity index (χ1) is 17.0. The minimum atomic E-state index is -0.0891. The fourth-order valence-electron chi connectivity index (χ4n) is 4.09. The van der Waals surface area contributed by atoms with E-state index in [9.17, 15) is 4.79 Å². The normalized spacial score (nSPS) is 10.8. The van der Waals surface area contributed by atoms with Gasteiger partial charge < -0.3 is 19.9 Å². The second-order valence-electron chi connectivity index (χ2n) is 8.34. The fourth-order valence-corrected chi connectivity index (χ4v) is 4.09. The highest BCUT2D eigenvalue weighted by molar-refractivity contribution is 6.02. The Labute approximate surface area is 203 Å². The Morgan fingerprint density at radius 1 is 0.971 bits per heavy atom. The number of carbonyl (C=O) groups is 1. The van der Waals surface area contributed by atoms with Crippen molar-refractivity contribution in [1.82, 2.24) is 19.9 Å². The average molecular weight is 464 g/mol. The van der Waals surface area contributed by atoms with Crippen LogP contribution in [0.1, 0.15) is 10.4 Å². The molecule has 0 aliphatic heterocycles. The Hall–Kier alpha value is -4.65. The maximum atomic E-state index is 13.1. The molecule has 0 unspecified atom stereocenters. The number of hydrogen-bond acceptors (Lipinski definition) is 5. The van der Waals surface area contributed by atoms with Crippen molar-refractivity contribution in [3.05, 3.63) is 91.0 Å². The van der Waals surface area contributed by atoms with Crippen molar-refractivity contribution in [3.8, 4) is 28.0 Å². The van der Waals surface area contributed by atoms with Crippen molar-refractivity contribution in [2.45, 2.75) is 0 Å². The predicted molar refractivity (Wildman–Crippen MR) is 139 cm³/mol. The first kappa shape index (κ1) is 22.2. The van der Waals surface area contributed by atoms with E-state index in [-0.39, 0.29) is 5.91 Å². The molecule has 7 heteroatoms. The van der Waals surface area contributed by atoms with Crippen LogP contribution in [-0.4, -0.2) is 47.0 Å². The van der Waals surface area contributed by atoms with Gasteiger partial charge in [0.15, 0.2) is 0 Å². The number of aromatic nitrogens is 3. The number of aromatic amines is 1. The Bertz CT molecular complexity index is 1510. The van der Waals surface area contributed by atoms with Gasteiger partial charge in [0, 0.05) is 66.6 Å². The molecule has 0 atom stereocenters. The molecule has 0 aliphatic carbocycles. The third kappa shape index (κ3) is 4.31. The first-order valence-electron chi connectivity index (χ1n) is 11.2. The van der Waals surface area contributed by atoms with E-state index in [1.807, 2.05) is 67.0 Å². The number of fused-ring (bicyclic) bond motifs is 1. The Morgan fingerprint density at radius 3 is 2.54 bits per heavy atom. The van der Waals surface area contributed by atoms with E-state index in [0.29, 0.717) is 5.56 Å². The number of hydrogen-bond donors (Lipinski definition) is 2. The molecule has 3 heterocycles. The lowest BCUT2D eigenvalue weighted by Crippen LogP contribution is -2.22. The summed E-state index contributed by atoms with van der Waals surface area (Å²) in [5.74, 6) is 0.706. The van der Waals surface area contributed by atoms with Gasteiger partial charge in [-0.25, -0.2) is 4.98 Å². The highest BCUT2D eigenvalue weighted by Gasteiger charge is 2.17. The van der Waals surface area contributed by atoms with Gasteiger partial charge in [-0.2, -0.15) is 0 Å². The second kappa shape index (κ2) is 9.30. The smallest absolute Gasteiger partial charge is 0.255 e. The molecule has 35 heavy (non-hydrogen) atoms. The van der Waals surface area contributed by atoms with Crippen LogP contribution in [0.25, 0.3) is 33.3 Å². The molecule has 2 aromatic carbocycles. The molecule has 5 rings (SSSR count). The van der Waals surface area contributed by atoms with Crippen molar-refractivity contribution in [3.63, 3.8) is 0 Å². The standard InChI is InChI=1S/C28H25N5O2/c1-33(2)28(34)23-14-18(8-9-25(23)32-20-10-12-29-13-11-20)19-15-22-24(17-31-27(22)30-16-19)21-6-4-5-7-26(21)35-3/h4-17H,1-3H3,(H,29,32)(H,30,31). The van der Waals surface area contributed by atoms with Crippen molar-refractivity contribution in [2.75, 3.05) is 26.5 Å². The van der Waals surface area contributed by atoms with Gasteiger partial charge in [-0.05, 0) is 42.0 Å². The Balaban J connectivity index is 1.60. The number of nitrogens with one attached hydrogen (secondary N) is 2. The lowest BCUT2D eigenvalue weighted by molar-refractivity contribution is 0.0828. The van der Waals surface area contributed by atoms with E-state index in [4.69, 9.17) is 4.74 Å². The van der Waals surface area contributed by atoms with Crippen molar-refractivity contribution >= 4 is 28.3 Å². The summed E-state index contributed by atoms with van der Waals surface area (Å²) in [6.45, 7) is 0. The molecule has 5 aromatic rings. The number of amides is 1. The van der Waals surface area contributed by atoms with Gasteiger partial charge in [-0.1, -0.05) is 24.3 Å². The number of methoxy groups -OCH3 is 1. The van der Waals surface area contributed by atoms with E-state index in [2.05, 4.69) is 26.3 Å². The summed E-state index contributed by atoms with van der Waals surface area (Å²) < 4.78 is 5.57. The molecule has 0 spiro atoms. The summed E-state index contributed by atoms with van der Waals surface area (Å²) in [5.41, 5.74) is 6.75. The number of H-pyrrole nitrogens is 1. The molecule has 0 saturated carbocycles. The molecule has 0 bridgehead atoms. The quantitative estimate of drug-likeness (QED) is 0.335. The molecule has 7 nitrogen and oxygen atoms in total. The van der Waals surface area contributed by atoms with Crippen LogP contribution in [-0.2, 0) is 0 Å². The van der Waals surface area contributed by atoms with Crippen LogP contribution in [0, 0.1) is 0 Å². The topological polar surface area (TPSA) is 83.1 Å².